The first-order valence-electron chi connectivity index (χ1n) is 8.34. The predicted molar refractivity (Wildman–Crippen MR) is 86.7 cm³/mol. The fraction of sp³-hybridized carbons (Fsp3) is 0.667. The molecule has 0 saturated carbocycles. The van der Waals surface area contributed by atoms with E-state index in [1.165, 1.54) is 29.5 Å². The molecule has 21 heavy (non-hydrogen) atoms. The lowest BCUT2D eigenvalue weighted by Crippen LogP contribution is -2.46. The van der Waals surface area contributed by atoms with Crippen LogP contribution in [-0.4, -0.2) is 43.3 Å². The van der Waals surface area contributed by atoms with Crippen LogP contribution in [0.5, 0.6) is 0 Å². The maximum Gasteiger partial charge on any atom is 0.0707 e. The van der Waals surface area contributed by atoms with E-state index in [1.54, 1.807) is 0 Å². The van der Waals surface area contributed by atoms with E-state index in [0.717, 1.165) is 26.2 Å². The van der Waals surface area contributed by atoms with Crippen LogP contribution in [0.4, 0.5) is 0 Å². The Hall–Kier alpha value is -0.900. The van der Waals surface area contributed by atoms with Crippen LogP contribution in [0, 0.1) is 13.8 Å². The lowest BCUT2D eigenvalue weighted by Gasteiger charge is -2.35. The minimum atomic E-state index is 0.424. The van der Waals surface area contributed by atoms with Crippen molar-refractivity contribution in [1.82, 2.24) is 10.2 Å². The van der Waals surface area contributed by atoms with Gasteiger partial charge in [-0.15, -0.1) is 0 Å². The zero-order valence-electron chi connectivity index (χ0n) is 13.6. The Morgan fingerprint density at radius 1 is 1.24 bits per heavy atom. The molecule has 3 atom stereocenters. The largest absolute Gasteiger partial charge is 0.372 e. The average Bonchev–Trinajstić information content (AvgIpc) is 2.78. The molecule has 1 aromatic rings. The first-order valence-corrected chi connectivity index (χ1v) is 8.34. The molecule has 2 aliphatic rings. The number of ether oxygens (including phenoxy) is 1. The molecule has 2 heterocycles. The summed E-state index contributed by atoms with van der Waals surface area (Å²) in [5.74, 6) is 0. The van der Waals surface area contributed by atoms with Gasteiger partial charge in [0.1, 0.15) is 0 Å². The molecule has 0 aliphatic carbocycles. The molecule has 0 radical (unpaired) electrons. The lowest BCUT2D eigenvalue weighted by molar-refractivity contribution is -0.0407. The molecule has 2 fully saturated rings. The van der Waals surface area contributed by atoms with Crippen molar-refractivity contribution in [1.29, 1.82) is 0 Å². The van der Waals surface area contributed by atoms with Crippen LogP contribution < -0.4 is 5.32 Å². The van der Waals surface area contributed by atoms with Crippen LogP contribution in [0.15, 0.2) is 18.2 Å². The van der Waals surface area contributed by atoms with Gasteiger partial charge in [0.25, 0.3) is 0 Å². The minimum Gasteiger partial charge on any atom is -0.372 e. The lowest BCUT2D eigenvalue weighted by atomic mass is 9.98. The number of benzene rings is 1. The van der Waals surface area contributed by atoms with Gasteiger partial charge in [0.15, 0.2) is 0 Å². The van der Waals surface area contributed by atoms with E-state index in [2.05, 4.69) is 49.2 Å². The third-order valence-electron chi connectivity index (χ3n) is 4.81. The van der Waals surface area contributed by atoms with Gasteiger partial charge in [0.2, 0.25) is 0 Å². The first kappa shape index (κ1) is 15.0. The van der Waals surface area contributed by atoms with Crippen LogP contribution >= 0.6 is 0 Å². The molecule has 3 rings (SSSR count). The molecular formula is C18H28N2O. The predicted octanol–water partition coefficient (Wildman–Crippen LogP) is 2.82. The van der Waals surface area contributed by atoms with Crippen molar-refractivity contribution < 1.29 is 4.74 Å². The van der Waals surface area contributed by atoms with Gasteiger partial charge in [-0.05, 0) is 44.4 Å². The van der Waals surface area contributed by atoms with Crippen molar-refractivity contribution >= 4 is 0 Å². The van der Waals surface area contributed by atoms with Gasteiger partial charge in [-0.3, -0.25) is 4.90 Å². The number of hydrogen-bond donors (Lipinski definition) is 1. The summed E-state index contributed by atoms with van der Waals surface area (Å²) in [5.41, 5.74) is 4.19. The molecule has 0 spiro atoms. The number of morpholine rings is 1. The molecule has 1 aromatic carbocycles. The van der Waals surface area contributed by atoms with E-state index in [9.17, 15) is 0 Å². The summed E-state index contributed by atoms with van der Waals surface area (Å²) in [6, 6.07) is 7.25. The van der Waals surface area contributed by atoms with E-state index < -0.39 is 0 Å². The standard InChI is InChI=1S/C18H28N2O/c1-4-19-18(17-8-5-13(2)9-14(17)3)12-20-10-15-6-7-16(11-20)21-15/h5,8-9,15-16,18-19H,4,6-7,10-12H2,1-3H3. The molecule has 116 valence electrons. The highest BCUT2D eigenvalue weighted by Gasteiger charge is 2.34. The van der Waals surface area contributed by atoms with E-state index in [1.807, 2.05) is 0 Å². The van der Waals surface area contributed by atoms with Crippen LogP contribution in [0.25, 0.3) is 0 Å². The van der Waals surface area contributed by atoms with Gasteiger partial charge in [-0.1, -0.05) is 30.7 Å². The third-order valence-corrected chi connectivity index (χ3v) is 4.81. The Labute approximate surface area is 128 Å². The second-order valence-electron chi connectivity index (χ2n) is 6.65. The number of fused-ring (bicyclic) bond motifs is 2. The molecule has 2 bridgehead atoms. The summed E-state index contributed by atoms with van der Waals surface area (Å²) in [7, 11) is 0. The highest BCUT2D eigenvalue weighted by Crippen LogP contribution is 2.28. The number of rotatable bonds is 5. The molecule has 3 unspecified atom stereocenters. The molecule has 0 aromatic heterocycles. The molecule has 2 saturated heterocycles. The van der Waals surface area contributed by atoms with Gasteiger partial charge in [-0.25, -0.2) is 0 Å². The van der Waals surface area contributed by atoms with Gasteiger partial charge < -0.3 is 10.1 Å². The summed E-state index contributed by atoms with van der Waals surface area (Å²) in [6.45, 7) is 10.9. The number of nitrogens with zero attached hydrogens (tertiary/aromatic N) is 1. The number of hydrogen-bond acceptors (Lipinski definition) is 3. The fourth-order valence-corrected chi connectivity index (χ4v) is 3.84. The van der Waals surface area contributed by atoms with Gasteiger partial charge in [0, 0.05) is 25.7 Å². The Morgan fingerprint density at radius 3 is 2.57 bits per heavy atom. The van der Waals surface area contributed by atoms with E-state index in [4.69, 9.17) is 4.74 Å². The average molecular weight is 288 g/mol. The number of aryl methyl sites for hydroxylation is 2. The Bertz CT molecular complexity index is 476. The summed E-state index contributed by atoms with van der Waals surface area (Å²) < 4.78 is 5.95. The van der Waals surface area contributed by atoms with E-state index >= 15 is 0 Å². The quantitative estimate of drug-likeness (QED) is 0.901. The smallest absolute Gasteiger partial charge is 0.0707 e. The first-order chi connectivity index (χ1) is 10.2. The van der Waals surface area contributed by atoms with E-state index in [-0.39, 0.29) is 0 Å². The monoisotopic (exact) mass is 288 g/mol. The summed E-state index contributed by atoms with van der Waals surface area (Å²) in [5, 5.41) is 3.67. The van der Waals surface area contributed by atoms with Crippen LogP contribution in [0.3, 0.4) is 0 Å². The number of nitrogens with one attached hydrogen (secondary N) is 1. The van der Waals surface area contributed by atoms with Gasteiger partial charge in [-0.2, -0.15) is 0 Å². The zero-order chi connectivity index (χ0) is 14.8. The van der Waals surface area contributed by atoms with Crippen LogP contribution in [0.1, 0.15) is 42.5 Å². The van der Waals surface area contributed by atoms with Crippen molar-refractivity contribution in [3.63, 3.8) is 0 Å². The molecule has 1 N–H and O–H groups in total. The maximum atomic E-state index is 5.95. The summed E-state index contributed by atoms with van der Waals surface area (Å²) in [6.07, 6.45) is 3.45. The summed E-state index contributed by atoms with van der Waals surface area (Å²) >= 11 is 0. The van der Waals surface area contributed by atoms with Crippen molar-refractivity contribution in [3.05, 3.63) is 34.9 Å². The Balaban J connectivity index is 1.72. The number of likely N-dealkylation sites (tertiary alicyclic amines) is 1. The molecule has 0 amide bonds. The second-order valence-corrected chi connectivity index (χ2v) is 6.65. The Morgan fingerprint density at radius 2 is 1.95 bits per heavy atom. The zero-order valence-corrected chi connectivity index (χ0v) is 13.6. The Kier molecular flexibility index (Phi) is 4.63. The van der Waals surface area contributed by atoms with Crippen molar-refractivity contribution in [2.45, 2.75) is 51.9 Å². The third kappa shape index (κ3) is 3.47. The van der Waals surface area contributed by atoms with Crippen molar-refractivity contribution in [2.24, 2.45) is 0 Å². The highest BCUT2D eigenvalue weighted by molar-refractivity contribution is 5.33. The molecule has 3 nitrogen and oxygen atoms in total. The van der Waals surface area contributed by atoms with Crippen LogP contribution in [0.2, 0.25) is 0 Å². The molecular weight excluding hydrogens is 260 g/mol. The number of likely N-dealkylation sites (N-methyl/N-ethyl adjacent to an activating group) is 1. The van der Waals surface area contributed by atoms with Crippen LogP contribution in [-0.2, 0) is 4.74 Å². The molecule has 2 aliphatic heterocycles. The maximum absolute atomic E-state index is 5.95. The summed E-state index contributed by atoms with van der Waals surface area (Å²) in [4.78, 5) is 2.60. The van der Waals surface area contributed by atoms with Gasteiger partial charge >= 0.3 is 0 Å². The minimum absolute atomic E-state index is 0.424. The van der Waals surface area contributed by atoms with Gasteiger partial charge in [0.05, 0.1) is 12.2 Å². The second kappa shape index (κ2) is 6.47. The normalized spacial score (nSPS) is 27.0. The fourth-order valence-electron chi connectivity index (χ4n) is 3.84. The SMILES string of the molecule is CCNC(CN1CC2CCC(C1)O2)c1ccc(C)cc1C. The van der Waals surface area contributed by atoms with Crippen molar-refractivity contribution in [3.8, 4) is 0 Å². The van der Waals surface area contributed by atoms with E-state index in [0.29, 0.717) is 18.2 Å². The molecule has 3 heteroatoms. The topological polar surface area (TPSA) is 24.5 Å². The van der Waals surface area contributed by atoms with Crippen molar-refractivity contribution in [2.75, 3.05) is 26.2 Å². The highest BCUT2D eigenvalue weighted by atomic mass is 16.5.